The number of carbonyl (C=O) groups excluding carboxylic acids is 1. The number of pyridine rings is 1. The van der Waals surface area contributed by atoms with Gasteiger partial charge in [0, 0.05) is 34.9 Å². The molecule has 0 radical (unpaired) electrons. The Bertz CT molecular complexity index is 1180. The van der Waals surface area contributed by atoms with Crippen molar-refractivity contribution in [2.24, 2.45) is 0 Å². The minimum Gasteiger partial charge on any atom is -0.354 e. The lowest BCUT2D eigenvalue weighted by molar-refractivity contribution is -0.120. The lowest BCUT2D eigenvalue weighted by Crippen LogP contribution is -2.29. The second-order valence-corrected chi connectivity index (χ2v) is 8.44. The van der Waals surface area contributed by atoms with Gasteiger partial charge in [-0.05, 0) is 56.3 Å². The first-order valence-corrected chi connectivity index (χ1v) is 10.7. The summed E-state index contributed by atoms with van der Waals surface area (Å²) in [5.74, 6) is -0.328. The number of aryl methyl sites for hydroxylation is 2. The van der Waals surface area contributed by atoms with Gasteiger partial charge in [0.15, 0.2) is 0 Å². The molecule has 0 saturated heterocycles. The lowest BCUT2D eigenvalue weighted by Gasteiger charge is -2.09. The summed E-state index contributed by atoms with van der Waals surface area (Å²) in [6.45, 7) is 4.80. The molecule has 0 atom stereocenters. The van der Waals surface area contributed by atoms with E-state index in [9.17, 15) is 9.18 Å². The molecule has 0 unspecified atom stereocenters. The van der Waals surface area contributed by atoms with Crippen molar-refractivity contribution in [3.05, 3.63) is 76.3 Å². The molecule has 31 heavy (non-hydrogen) atoms. The second kappa shape index (κ2) is 9.18. The normalized spacial score (nSPS) is 10.9. The second-order valence-electron chi connectivity index (χ2n) is 7.15. The van der Waals surface area contributed by atoms with Crippen LogP contribution in [0.2, 0.25) is 0 Å². The summed E-state index contributed by atoms with van der Waals surface area (Å²) in [7, 11) is 0. The highest BCUT2D eigenvalue weighted by atomic mass is 32.1. The van der Waals surface area contributed by atoms with Crippen molar-refractivity contribution in [2.75, 3.05) is 6.54 Å². The molecule has 0 saturated carbocycles. The number of nitrogens with zero attached hydrogens (tertiary/aromatic N) is 4. The number of thiazole rings is 1. The third-order valence-electron chi connectivity index (χ3n) is 4.84. The third kappa shape index (κ3) is 5.03. The zero-order valence-corrected chi connectivity index (χ0v) is 18.1. The van der Waals surface area contributed by atoms with Crippen LogP contribution in [0.15, 0.2) is 54.9 Å². The molecule has 0 fully saturated rings. The fraction of sp³-hybridized carbons (Fsp3) is 0.217. The number of aromatic nitrogens is 4. The fourth-order valence-electron chi connectivity index (χ4n) is 3.34. The van der Waals surface area contributed by atoms with E-state index in [1.165, 1.54) is 12.1 Å². The Morgan fingerprint density at radius 1 is 1.16 bits per heavy atom. The third-order valence-corrected chi connectivity index (χ3v) is 5.92. The van der Waals surface area contributed by atoms with Crippen molar-refractivity contribution in [3.63, 3.8) is 0 Å². The SMILES string of the molecule is Cc1nc(C)c(CC(=O)NCCn2nc(-c3ccc(F)cc3)cc2-c2cccnc2)s1. The molecule has 3 aromatic heterocycles. The highest BCUT2D eigenvalue weighted by Gasteiger charge is 2.13. The molecule has 158 valence electrons. The smallest absolute Gasteiger partial charge is 0.225 e. The Morgan fingerprint density at radius 3 is 2.65 bits per heavy atom. The maximum absolute atomic E-state index is 13.3. The van der Waals surface area contributed by atoms with Crippen molar-refractivity contribution in [1.82, 2.24) is 25.1 Å². The molecule has 8 heteroatoms. The average molecular weight is 436 g/mol. The van der Waals surface area contributed by atoms with Crippen molar-refractivity contribution in [3.8, 4) is 22.5 Å². The molecule has 1 aromatic carbocycles. The van der Waals surface area contributed by atoms with Gasteiger partial charge in [0.05, 0.1) is 35.1 Å². The molecule has 0 aliphatic carbocycles. The molecule has 1 amide bonds. The van der Waals surface area contributed by atoms with E-state index >= 15 is 0 Å². The van der Waals surface area contributed by atoms with Crippen molar-refractivity contribution in [2.45, 2.75) is 26.8 Å². The van der Waals surface area contributed by atoms with Crippen LogP contribution in [0.1, 0.15) is 15.6 Å². The minimum atomic E-state index is -0.287. The van der Waals surface area contributed by atoms with Crippen molar-refractivity contribution < 1.29 is 9.18 Å². The topological polar surface area (TPSA) is 72.7 Å². The number of rotatable bonds is 7. The summed E-state index contributed by atoms with van der Waals surface area (Å²) in [6, 6.07) is 12.0. The van der Waals surface area contributed by atoms with Crippen LogP contribution in [0.4, 0.5) is 4.39 Å². The summed E-state index contributed by atoms with van der Waals surface area (Å²) < 4.78 is 15.1. The van der Waals surface area contributed by atoms with E-state index in [4.69, 9.17) is 5.10 Å². The van der Waals surface area contributed by atoms with E-state index in [0.29, 0.717) is 19.5 Å². The van der Waals surface area contributed by atoms with E-state index in [1.54, 1.807) is 35.9 Å². The fourth-order valence-corrected chi connectivity index (χ4v) is 4.28. The predicted octanol–water partition coefficient (Wildman–Crippen LogP) is 4.18. The molecule has 4 rings (SSSR count). The van der Waals surface area contributed by atoms with Crippen molar-refractivity contribution >= 4 is 17.2 Å². The van der Waals surface area contributed by atoms with Gasteiger partial charge in [0.1, 0.15) is 5.82 Å². The quantitative estimate of drug-likeness (QED) is 0.473. The standard InChI is InChI=1S/C23H22FN5OS/c1-15-22(31-16(2)27-15)13-23(30)26-10-11-29-21(18-4-3-9-25-14-18)12-20(28-29)17-5-7-19(24)8-6-17/h3-9,12,14H,10-11,13H2,1-2H3,(H,26,30). The Hall–Kier alpha value is -3.39. The molecule has 6 nitrogen and oxygen atoms in total. The monoisotopic (exact) mass is 435 g/mol. The van der Waals surface area contributed by atoms with Crippen LogP contribution in [0.5, 0.6) is 0 Å². The maximum Gasteiger partial charge on any atom is 0.225 e. The highest BCUT2D eigenvalue weighted by Crippen LogP contribution is 2.26. The number of hydrogen-bond acceptors (Lipinski definition) is 5. The number of amides is 1. The van der Waals surface area contributed by atoms with Crippen LogP contribution in [0.25, 0.3) is 22.5 Å². The molecule has 3 heterocycles. The highest BCUT2D eigenvalue weighted by molar-refractivity contribution is 7.11. The maximum atomic E-state index is 13.3. The van der Waals surface area contributed by atoms with Crippen LogP contribution in [0.3, 0.4) is 0 Å². The van der Waals surface area contributed by atoms with Crippen LogP contribution in [-0.2, 0) is 17.8 Å². The van der Waals surface area contributed by atoms with Gasteiger partial charge in [0.2, 0.25) is 5.91 Å². The van der Waals surface area contributed by atoms with E-state index in [1.807, 2.05) is 36.7 Å². The van der Waals surface area contributed by atoms with Crippen LogP contribution in [-0.4, -0.2) is 32.2 Å². The van der Waals surface area contributed by atoms with Gasteiger partial charge in [-0.25, -0.2) is 9.37 Å². The van der Waals surface area contributed by atoms with Crippen LogP contribution < -0.4 is 5.32 Å². The molecule has 0 aliphatic heterocycles. The Morgan fingerprint density at radius 2 is 1.97 bits per heavy atom. The van der Waals surface area contributed by atoms with Gasteiger partial charge >= 0.3 is 0 Å². The van der Waals surface area contributed by atoms with Gasteiger partial charge in [-0.1, -0.05) is 0 Å². The molecule has 1 N–H and O–H groups in total. The zero-order chi connectivity index (χ0) is 21.8. The summed E-state index contributed by atoms with van der Waals surface area (Å²) in [6.07, 6.45) is 3.82. The molecule has 0 aliphatic rings. The lowest BCUT2D eigenvalue weighted by atomic mass is 10.1. The van der Waals surface area contributed by atoms with Gasteiger partial charge in [-0.3, -0.25) is 14.5 Å². The summed E-state index contributed by atoms with van der Waals surface area (Å²) in [4.78, 5) is 21.9. The van der Waals surface area contributed by atoms with E-state index < -0.39 is 0 Å². The first kappa shape index (κ1) is 20.9. The van der Waals surface area contributed by atoms with Gasteiger partial charge in [-0.15, -0.1) is 11.3 Å². The molecule has 0 bridgehead atoms. The van der Waals surface area contributed by atoms with Crippen LogP contribution in [0, 0.1) is 19.7 Å². The molecule has 0 spiro atoms. The van der Waals surface area contributed by atoms with E-state index in [-0.39, 0.29) is 11.7 Å². The Labute approximate surface area is 183 Å². The number of benzene rings is 1. The average Bonchev–Trinajstić information content (AvgIpc) is 3.32. The van der Waals surface area contributed by atoms with E-state index in [0.717, 1.165) is 38.1 Å². The van der Waals surface area contributed by atoms with Gasteiger partial charge in [-0.2, -0.15) is 5.10 Å². The number of carbonyl (C=O) groups is 1. The van der Waals surface area contributed by atoms with Crippen molar-refractivity contribution in [1.29, 1.82) is 0 Å². The summed E-state index contributed by atoms with van der Waals surface area (Å²) in [5.41, 5.74) is 4.28. The first-order chi connectivity index (χ1) is 15.0. The Balaban J connectivity index is 1.49. The molecular weight excluding hydrogens is 413 g/mol. The Kier molecular flexibility index (Phi) is 6.18. The summed E-state index contributed by atoms with van der Waals surface area (Å²) in [5, 5.41) is 8.62. The van der Waals surface area contributed by atoms with E-state index in [2.05, 4.69) is 15.3 Å². The molecule has 4 aromatic rings. The van der Waals surface area contributed by atoms with Gasteiger partial charge < -0.3 is 5.32 Å². The largest absolute Gasteiger partial charge is 0.354 e. The van der Waals surface area contributed by atoms with Crippen LogP contribution >= 0.6 is 11.3 Å². The van der Waals surface area contributed by atoms with Gasteiger partial charge in [0.25, 0.3) is 0 Å². The predicted molar refractivity (Wildman–Crippen MR) is 119 cm³/mol. The zero-order valence-electron chi connectivity index (χ0n) is 17.3. The number of hydrogen-bond donors (Lipinski definition) is 1. The number of nitrogens with one attached hydrogen (secondary N) is 1. The summed E-state index contributed by atoms with van der Waals surface area (Å²) >= 11 is 1.55. The minimum absolute atomic E-state index is 0.0411. The first-order valence-electron chi connectivity index (χ1n) is 9.93. The molecular formula is C23H22FN5OS. The number of halogens is 1.